The smallest absolute Gasteiger partial charge is 0.337 e. The van der Waals surface area contributed by atoms with E-state index in [1.807, 2.05) is 12.1 Å². The lowest BCUT2D eigenvalue weighted by atomic mass is 9.96. The van der Waals surface area contributed by atoms with Gasteiger partial charge in [0.1, 0.15) is 12.4 Å². The molecule has 1 aromatic carbocycles. The quantitative estimate of drug-likeness (QED) is 0.775. The zero-order valence-electron chi connectivity index (χ0n) is 10.5. The lowest BCUT2D eigenvalue weighted by Gasteiger charge is -2.36. The van der Waals surface area contributed by atoms with Crippen LogP contribution in [0.5, 0.6) is 5.75 Å². The Morgan fingerprint density at radius 3 is 2.89 bits per heavy atom. The molecule has 1 aromatic rings. The van der Waals surface area contributed by atoms with E-state index in [-0.39, 0.29) is 11.5 Å². The molecule has 1 heterocycles. The first-order valence-corrected chi connectivity index (χ1v) is 6.36. The van der Waals surface area contributed by atoms with Crippen LogP contribution in [0, 0.1) is 0 Å². The van der Waals surface area contributed by atoms with Crippen molar-refractivity contribution in [3.05, 3.63) is 23.8 Å². The van der Waals surface area contributed by atoms with Gasteiger partial charge in [-0.05, 0) is 31.0 Å². The van der Waals surface area contributed by atoms with Crippen molar-refractivity contribution in [3.63, 3.8) is 0 Å². The highest BCUT2D eigenvalue weighted by molar-refractivity contribution is 5.91. The van der Waals surface area contributed by atoms with Crippen molar-refractivity contribution in [2.24, 2.45) is 0 Å². The monoisotopic (exact) mass is 247 g/mol. The van der Waals surface area contributed by atoms with Crippen LogP contribution in [0.2, 0.25) is 0 Å². The van der Waals surface area contributed by atoms with Gasteiger partial charge in [0.15, 0.2) is 0 Å². The van der Waals surface area contributed by atoms with Crippen LogP contribution in [0.1, 0.15) is 36.0 Å². The van der Waals surface area contributed by atoms with E-state index in [4.69, 9.17) is 9.47 Å². The SMILES string of the molecule is COC(=O)c1ccc2c(c1)NC1(CCCC1)CO2. The molecule has 18 heavy (non-hydrogen) atoms. The van der Waals surface area contributed by atoms with Gasteiger partial charge < -0.3 is 14.8 Å². The molecule has 1 N–H and O–H groups in total. The molecule has 2 aliphatic rings. The van der Waals surface area contributed by atoms with E-state index in [9.17, 15) is 4.79 Å². The number of carbonyl (C=O) groups excluding carboxylic acids is 1. The third-order valence-electron chi connectivity index (χ3n) is 3.87. The zero-order chi connectivity index (χ0) is 12.6. The fourth-order valence-electron chi connectivity index (χ4n) is 2.86. The fraction of sp³-hybridized carbons (Fsp3) is 0.500. The lowest BCUT2D eigenvalue weighted by Crippen LogP contribution is -2.44. The largest absolute Gasteiger partial charge is 0.489 e. The number of methoxy groups -OCH3 is 1. The summed E-state index contributed by atoms with van der Waals surface area (Å²) < 4.78 is 10.6. The van der Waals surface area contributed by atoms with Gasteiger partial charge >= 0.3 is 5.97 Å². The van der Waals surface area contributed by atoms with E-state index in [1.165, 1.54) is 20.0 Å². The van der Waals surface area contributed by atoms with E-state index in [0.717, 1.165) is 30.9 Å². The Morgan fingerprint density at radius 2 is 2.17 bits per heavy atom. The van der Waals surface area contributed by atoms with Gasteiger partial charge in [0, 0.05) is 0 Å². The van der Waals surface area contributed by atoms with Crippen molar-refractivity contribution in [3.8, 4) is 5.75 Å². The Balaban J connectivity index is 1.91. The maximum atomic E-state index is 11.5. The van der Waals surface area contributed by atoms with Crippen LogP contribution in [0.4, 0.5) is 5.69 Å². The van der Waals surface area contributed by atoms with E-state index in [2.05, 4.69) is 5.32 Å². The molecule has 1 aliphatic heterocycles. The molecular formula is C14H17NO3. The molecule has 1 spiro atoms. The highest BCUT2D eigenvalue weighted by atomic mass is 16.5. The number of nitrogens with one attached hydrogen (secondary N) is 1. The Labute approximate surface area is 106 Å². The van der Waals surface area contributed by atoms with Gasteiger partial charge in [0.25, 0.3) is 0 Å². The zero-order valence-corrected chi connectivity index (χ0v) is 10.5. The highest BCUT2D eigenvalue weighted by Gasteiger charge is 2.38. The summed E-state index contributed by atoms with van der Waals surface area (Å²) >= 11 is 0. The van der Waals surface area contributed by atoms with Gasteiger partial charge in [0.2, 0.25) is 0 Å². The molecule has 1 aliphatic carbocycles. The normalized spacial score (nSPS) is 19.8. The molecule has 0 unspecified atom stereocenters. The van der Waals surface area contributed by atoms with Crippen molar-refractivity contribution >= 4 is 11.7 Å². The standard InChI is InChI=1S/C14H17NO3/c1-17-13(16)10-4-5-12-11(8-10)15-14(9-18-12)6-2-3-7-14/h4-5,8,15H,2-3,6-7,9H2,1H3. The predicted octanol–water partition coefficient (Wildman–Crippen LogP) is 2.59. The summed E-state index contributed by atoms with van der Waals surface area (Å²) in [5.74, 6) is 0.505. The van der Waals surface area contributed by atoms with Gasteiger partial charge in [-0.2, -0.15) is 0 Å². The molecule has 96 valence electrons. The summed E-state index contributed by atoms with van der Waals surface area (Å²) in [5.41, 5.74) is 1.54. The van der Waals surface area contributed by atoms with E-state index < -0.39 is 0 Å². The van der Waals surface area contributed by atoms with Crippen molar-refractivity contribution in [1.29, 1.82) is 0 Å². The van der Waals surface area contributed by atoms with E-state index in [0.29, 0.717) is 5.56 Å². The second kappa shape index (κ2) is 4.19. The number of hydrogen-bond donors (Lipinski definition) is 1. The minimum atomic E-state index is -0.314. The molecule has 3 rings (SSSR count). The minimum Gasteiger partial charge on any atom is -0.489 e. The van der Waals surface area contributed by atoms with Gasteiger partial charge in [0.05, 0.1) is 23.9 Å². The number of esters is 1. The molecule has 1 saturated carbocycles. The number of anilines is 1. The Hall–Kier alpha value is -1.71. The van der Waals surface area contributed by atoms with Crippen LogP contribution in [0.3, 0.4) is 0 Å². The van der Waals surface area contributed by atoms with Crippen molar-refractivity contribution in [1.82, 2.24) is 0 Å². The average molecular weight is 247 g/mol. The minimum absolute atomic E-state index is 0.0712. The molecule has 4 heteroatoms. The second-order valence-electron chi connectivity index (χ2n) is 5.10. The van der Waals surface area contributed by atoms with Crippen molar-refractivity contribution < 1.29 is 14.3 Å². The van der Waals surface area contributed by atoms with Crippen LogP contribution in [0.25, 0.3) is 0 Å². The van der Waals surface area contributed by atoms with Crippen LogP contribution < -0.4 is 10.1 Å². The Kier molecular flexibility index (Phi) is 2.65. The summed E-state index contributed by atoms with van der Waals surface area (Å²) in [6.45, 7) is 0.720. The molecular weight excluding hydrogens is 230 g/mol. The summed E-state index contributed by atoms with van der Waals surface area (Å²) in [6.07, 6.45) is 4.74. The maximum absolute atomic E-state index is 11.5. The van der Waals surface area contributed by atoms with Crippen LogP contribution in [-0.4, -0.2) is 25.2 Å². The summed E-state index contributed by atoms with van der Waals surface area (Å²) in [7, 11) is 1.39. The molecule has 0 amide bonds. The lowest BCUT2D eigenvalue weighted by molar-refractivity contribution is 0.0600. The van der Waals surface area contributed by atoms with Crippen LogP contribution in [-0.2, 0) is 4.74 Å². The average Bonchev–Trinajstić information content (AvgIpc) is 2.85. The second-order valence-corrected chi connectivity index (χ2v) is 5.10. The van der Waals surface area contributed by atoms with Crippen molar-refractivity contribution in [2.75, 3.05) is 19.0 Å². The number of benzene rings is 1. The first-order valence-electron chi connectivity index (χ1n) is 6.36. The summed E-state index contributed by atoms with van der Waals surface area (Å²) in [4.78, 5) is 11.5. The van der Waals surface area contributed by atoms with Gasteiger partial charge in [-0.25, -0.2) is 4.79 Å². The topological polar surface area (TPSA) is 47.6 Å². The first kappa shape index (κ1) is 11.4. The molecule has 4 nitrogen and oxygen atoms in total. The van der Waals surface area contributed by atoms with Crippen molar-refractivity contribution in [2.45, 2.75) is 31.2 Å². The third-order valence-corrected chi connectivity index (χ3v) is 3.87. The Bertz CT molecular complexity index is 478. The number of ether oxygens (including phenoxy) is 2. The van der Waals surface area contributed by atoms with Crippen LogP contribution in [0.15, 0.2) is 18.2 Å². The summed E-state index contributed by atoms with van der Waals surface area (Å²) in [5, 5.41) is 3.56. The fourth-order valence-corrected chi connectivity index (χ4v) is 2.86. The number of rotatable bonds is 1. The highest BCUT2D eigenvalue weighted by Crippen LogP contribution is 2.40. The van der Waals surface area contributed by atoms with E-state index >= 15 is 0 Å². The summed E-state index contributed by atoms with van der Waals surface area (Å²) in [6, 6.07) is 5.38. The van der Waals surface area contributed by atoms with Gasteiger partial charge in [-0.3, -0.25) is 0 Å². The predicted molar refractivity (Wildman–Crippen MR) is 68.1 cm³/mol. The van der Waals surface area contributed by atoms with E-state index in [1.54, 1.807) is 6.07 Å². The molecule has 0 bridgehead atoms. The Morgan fingerprint density at radius 1 is 1.39 bits per heavy atom. The molecule has 0 aromatic heterocycles. The maximum Gasteiger partial charge on any atom is 0.337 e. The van der Waals surface area contributed by atoms with Crippen LogP contribution >= 0.6 is 0 Å². The number of hydrogen-bond acceptors (Lipinski definition) is 4. The molecule has 0 radical (unpaired) electrons. The van der Waals surface area contributed by atoms with Gasteiger partial charge in [-0.1, -0.05) is 12.8 Å². The van der Waals surface area contributed by atoms with Gasteiger partial charge in [-0.15, -0.1) is 0 Å². The third kappa shape index (κ3) is 1.82. The number of fused-ring (bicyclic) bond motifs is 1. The molecule has 1 fully saturated rings. The number of carbonyl (C=O) groups is 1. The molecule has 0 saturated heterocycles. The first-order chi connectivity index (χ1) is 8.72. The molecule has 0 atom stereocenters.